The van der Waals surface area contributed by atoms with E-state index in [1.807, 2.05) is 93.6 Å². The van der Waals surface area contributed by atoms with E-state index in [0.29, 0.717) is 27.8 Å². The van der Waals surface area contributed by atoms with Gasteiger partial charge in [-0.1, -0.05) is 273 Å². The molecule has 0 unspecified atom stereocenters. The van der Waals surface area contributed by atoms with Crippen molar-refractivity contribution in [3.8, 4) is 55.6 Å². The van der Waals surface area contributed by atoms with Gasteiger partial charge in [-0.3, -0.25) is 0 Å². The largest absolute Gasteiger partial charge is 0.135 e. The summed E-state index contributed by atoms with van der Waals surface area (Å²) in [5.41, 5.74) is 9.16. The molecule has 14 rings (SSSR count). The second-order valence-corrected chi connectivity index (χ2v) is 27.1. The van der Waals surface area contributed by atoms with Crippen LogP contribution in [0.2, 0.25) is 0 Å². The Kier molecular flexibility index (Phi) is 10.2. The minimum Gasteiger partial charge on any atom is -0.135 e. The molecule has 410 valence electrons. The van der Waals surface area contributed by atoms with Crippen molar-refractivity contribution < 1.29 is 24.7 Å². The van der Waals surface area contributed by atoms with Gasteiger partial charge in [0.05, 0.1) is 24.7 Å². The molecule has 3 heteroatoms. The molecule has 11 aromatic carbocycles. The fraction of sp³-hybridized carbons (Fsp3) is 0.175. The first kappa shape index (κ1) is 38.0. The van der Waals surface area contributed by atoms with Crippen molar-refractivity contribution in [1.82, 2.24) is 0 Å². The normalized spacial score (nSPS) is 15.1. The van der Waals surface area contributed by atoms with E-state index < -0.39 is 23.5 Å². The van der Waals surface area contributed by atoms with Crippen molar-refractivity contribution in [3.63, 3.8) is 0 Å². The third kappa shape index (κ3) is 10.9. The van der Waals surface area contributed by atoms with E-state index in [1.165, 1.54) is 32.5 Å². The summed E-state index contributed by atoms with van der Waals surface area (Å²) in [6.45, 7) is 22.5. The summed E-state index contributed by atoms with van der Waals surface area (Å²) in [5, 5.41) is 5.82. The molecule has 0 fully saturated rings. The lowest BCUT2D eigenvalue weighted by Crippen LogP contribution is -2.13. The van der Waals surface area contributed by atoms with Crippen LogP contribution in [0.5, 0.6) is 0 Å². The lowest BCUT2D eigenvalue weighted by Gasteiger charge is -2.25. The van der Waals surface area contributed by atoms with Crippen LogP contribution in [-0.4, -0.2) is 0 Å². The number of rotatable bonds is 5. The molecule has 0 spiro atoms. The van der Waals surface area contributed by atoms with Gasteiger partial charge >= 0.3 is 0 Å². The molecule has 0 N–H and O–H groups in total. The van der Waals surface area contributed by atoms with E-state index in [-0.39, 0.29) is 124 Å². The molecule has 0 aliphatic carbocycles. The van der Waals surface area contributed by atoms with Gasteiger partial charge in [0, 0.05) is 60.5 Å². The zero-order valence-corrected chi connectivity index (χ0v) is 50.8. The summed E-state index contributed by atoms with van der Waals surface area (Å²) in [4.78, 5) is 0. The van der Waals surface area contributed by atoms with Crippen LogP contribution in [-0.2, 0) is 16.2 Å². The van der Waals surface area contributed by atoms with Crippen molar-refractivity contribution in [2.75, 3.05) is 0 Å². The van der Waals surface area contributed by atoms with Crippen LogP contribution in [0.25, 0.3) is 116 Å². The Hall–Kier alpha value is -7.92. The summed E-state index contributed by atoms with van der Waals surface area (Å²) in [7, 11) is 0. The Morgan fingerprint density at radius 1 is 0.277 bits per heavy atom. The molecule has 0 amide bonds. The molecule has 0 aliphatic rings. The van der Waals surface area contributed by atoms with E-state index in [9.17, 15) is 0 Å². The quantitative estimate of drug-likeness (QED) is 0.161. The summed E-state index contributed by atoms with van der Waals surface area (Å²) in [5.74, 6) is 0. The second kappa shape index (κ2) is 22.3. The first-order valence-electron chi connectivity index (χ1n) is 36.7. The first-order chi connectivity index (χ1) is 47.4. The zero-order valence-electron chi connectivity index (χ0n) is 66.3. The van der Waals surface area contributed by atoms with Gasteiger partial charge in [-0.05, 0) is 139 Å². The maximum Gasteiger partial charge on any atom is 0.0632 e. The molecule has 3 heterocycles. The third-order valence-corrected chi connectivity index (χ3v) is 18.2. The number of thiophene rings is 3. The molecule has 0 bridgehead atoms. The van der Waals surface area contributed by atoms with E-state index in [0.717, 1.165) is 72.7 Å². The van der Waals surface area contributed by atoms with Crippen LogP contribution in [0.1, 0.15) is 115 Å². The van der Waals surface area contributed by atoms with Crippen molar-refractivity contribution >= 4 is 94.5 Å². The molecule has 0 saturated heterocycles. The van der Waals surface area contributed by atoms with Gasteiger partial charge in [0.25, 0.3) is 0 Å². The smallest absolute Gasteiger partial charge is 0.0632 e. The monoisotopic (exact) mass is 1150 g/mol. The average molecular weight is 1150 g/mol. The van der Waals surface area contributed by atoms with Crippen molar-refractivity contribution in [1.29, 1.82) is 0 Å². The van der Waals surface area contributed by atoms with Gasteiger partial charge in [0.15, 0.2) is 0 Å². The highest BCUT2D eigenvalue weighted by atomic mass is 32.1. The number of hydrogen-bond acceptors (Lipinski definition) is 3. The highest BCUT2D eigenvalue weighted by molar-refractivity contribution is 7.26. The number of fused-ring (bicyclic) bond motifs is 9. The van der Waals surface area contributed by atoms with Crippen LogP contribution in [0.3, 0.4) is 0 Å². The molecule has 0 nitrogen and oxygen atoms in total. The van der Waals surface area contributed by atoms with Gasteiger partial charge in [-0.25, -0.2) is 0 Å². The number of benzene rings is 11. The maximum atomic E-state index is 8.75. The predicted octanol–water partition coefficient (Wildman–Crippen LogP) is 25.0. The van der Waals surface area contributed by atoms with Crippen LogP contribution in [0.4, 0.5) is 0 Å². The molecular weight excluding hydrogens is 1060 g/mol. The Morgan fingerprint density at radius 2 is 0.675 bits per heavy atom. The zero-order chi connectivity index (χ0) is 73.5. The topological polar surface area (TPSA) is 0 Å². The molecule has 83 heavy (non-hydrogen) atoms. The van der Waals surface area contributed by atoms with E-state index in [2.05, 4.69) is 90.1 Å². The van der Waals surface area contributed by atoms with E-state index >= 15 is 0 Å². The van der Waals surface area contributed by atoms with Crippen LogP contribution in [0, 0.1) is 13.8 Å². The highest BCUT2D eigenvalue weighted by Crippen LogP contribution is 2.50. The molecule has 0 aliphatic heterocycles. The Balaban J connectivity index is 0.000000145. The van der Waals surface area contributed by atoms with Crippen molar-refractivity contribution in [2.45, 2.75) is 92.4 Å². The second-order valence-electron chi connectivity index (χ2n) is 23.9. The molecule has 0 radical (unpaired) electrons. The number of hydrogen-bond donors (Lipinski definition) is 0. The minimum atomic E-state index is -0.510. The van der Waals surface area contributed by atoms with Crippen LogP contribution in [0.15, 0.2) is 236 Å². The van der Waals surface area contributed by atoms with Crippen molar-refractivity contribution in [3.05, 3.63) is 264 Å². The minimum absolute atomic E-state index is 0.0310. The molecule has 14 aromatic rings. The summed E-state index contributed by atoms with van der Waals surface area (Å²) < 4.78 is 157. The summed E-state index contributed by atoms with van der Waals surface area (Å²) in [6, 6.07) is 38.5. The first-order valence-corrected chi connectivity index (χ1v) is 30.1. The fourth-order valence-electron chi connectivity index (χ4n) is 11.4. The van der Waals surface area contributed by atoms with Gasteiger partial charge in [-0.15, -0.1) is 34.0 Å². The lowest BCUT2D eigenvalue weighted by molar-refractivity contribution is 0.596. The fourth-order valence-corrected chi connectivity index (χ4v) is 14.8. The lowest BCUT2D eigenvalue weighted by atomic mass is 9.78. The Morgan fingerprint density at radius 3 is 1.14 bits per heavy atom. The molecular formula is C80H72S3. The standard InChI is InChI=1S/C29H26S.C28H24S.C23H22S/c1-19-13-15-21(16-14-19)23-17-18-25-27(28(23)29(2,3)4)26-22(11-8-12-24(26)30-25)20-9-6-5-7-10-20;1-28(2,3)27-22(20-13-8-5-9-14-20)17-18-24-26(27)25-21(15-10-16-23(25)29-24)19-11-6-4-7-12-19;1-15-8-5-9-16(14-15)17-10-6-12-19-21(17)22-18(23(2,3)4)11-7-13-20(22)24-19/h5-18H,1-4H3;4-18H,1-3H3;5-14H,1-4H3/i5D,6D,7D,9D,10D,13D,14D,15D,16D;4D,6D,7D,11D,12D;5D,8D,9D,14D. The predicted molar refractivity (Wildman–Crippen MR) is 371 cm³/mol. The summed E-state index contributed by atoms with van der Waals surface area (Å²) >= 11 is 4.92. The van der Waals surface area contributed by atoms with Gasteiger partial charge in [0.1, 0.15) is 0 Å². The van der Waals surface area contributed by atoms with E-state index in [1.54, 1.807) is 42.6 Å². The van der Waals surface area contributed by atoms with Gasteiger partial charge in [0.2, 0.25) is 0 Å². The summed E-state index contributed by atoms with van der Waals surface area (Å²) in [6.07, 6.45) is 0. The van der Waals surface area contributed by atoms with Crippen molar-refractivity contribution in [2.24, 2.45) is 0 Å². The highest BCUT2D eigenvalue weighted by Gasteiger charge is 2.28. The average Bonchev–Trinajstić information content (AvgIpc) is 1.66. The molecule has 0 saturated carbocycles. The SMILES string of the molecule is [2H]c1c([2H])c(C)c([2H])c(-c2cccc3sc4cccc(C(C)(C)C)c4c23)c1[2H].[2H]c1c([2H])c([2H])c(-c2cccc3sc4ccc(-c5c([2H])c([2H])c(C)c([2H])c5[2H])c(C(C)(C)C)c4c23)c([2H])c1[2H].[2H]c1c([2H])c([2H])c(-c2cccc3sc4ccc(-c5ccccc5)c(C(C)(C)C)c4c23)c([2H])c1[2H]. The Labute approximate surface area is 528 Å². The van der Waals surface area contributed by atoms with Crippen LogP contribution >= 0.6 is 34.0 Å². The maximum absolute atomic E-state index is 8.75. The molecule has 3 aromatic heterocycles. The Bertz CT molecular complexity index is 5670. The van der Waals surface area contributed by atoms with Gasteiger partial charge in [-0.2, -0.15) is 0 Å². The van der Waals surface area contributed by atoms with Gasteiger partial charge < -0.3 is 0 Å². The molecule has 0 atom stereocenters. The van der Waals surface area contributed by atoms with Crippen LogP contribution < -0.4 is 0 Å². The van der Waals surface area contributed by atoms with E-state index in [4.69, 9.17) is 24.7 Å². The third-order valence-electron chi connectivity index (χ3n) is 14.8.